The maximum absolute atomic E-state index is 8.57. The first kappa shape index (κ1) is 22.4. The predicted molar refractivity (Wildman–Crippen MR) is 0 cm³/mol. The molecule has 7 heavy (non-hydrogen) atoms. The number of hydrogen-bond donors (Lipinski definition) is 0. The third-order valence-electron chi connectivity index (χ3n) is 0. The van der Waals surface area contributed by atoms with Gasteiger partial charge in [0.1, 0.15) is 0 Å². The summed E-state index contributed by atoms with van der Waals surface area (Å²) in [5.41, 5.74) is 0. The smallest absolute Gasteiger partial charge is 1.00 e. The van der Waals surface area contributed by atoms with Crippen LogP contribution in [0.4, 0.5) is 0 Å². The largest absolute Gasteiger partial charge is 1.00 e. The van der Waals surface area contributed by atoms with Crippen LogP contribution < -0.4 is 139 Å². The van der Waals surface area contributed by atoms with Crippen molar-refractivity contribution in [1.82, 2.24) is 0 Å². The molecule has 0 fully saturated rings. The first-order valence-corrected chi connectivity index (χ1v) is 3.11. The van der Waals surface area contributed by atoms with Gasteiger partial charge in [0.05, 0.1) is 0 Å². The Morgan fingerprint density at radius 1 is 0.857 bits per heavy atom. The summed E-state index contributed by atoms with van der Waals surface area (Å²) in [5, 5.41) is 0. The van der Waals surface area contributed by atoms with Gasteiger partial charge in [0.15, 0.2) is 0 Å². The molecule has 7 heteroatoms. The van der Waals surface area contributed by atoms with Gasteiger partial charge in [0, 0.05) is 0 Å². The summed E-state index contributed by atoms with van der Waals surface area (Å²) in [5.74, 6) is 0. The van der Waals surface area contributed by atoms with Crippen molar-refractivity contribution in [2.24, 2.45) is 0 Å². The van der Waals surface area contributed by atoms with Crippen LogP contribution in [-0.2, 0) is 0 Å². The zero-order chi connectivity index (χ0) is 3.58. The fourth-order valence-corrected chi connectivity index (χ4v) is 0. The van der Waals surface area contributed by atoms with E-state index >= 15 is 0 Å². The molecule has 0 N–H and O–H groups in total. The van der Waals surface area contributed by atoms with Gasteiger partial charge in [0.2, 0.25) is 0 Å². The first-order chi connectivity index (χ1) is 1.73. The van der Waals surface area contributed by atoms with Gasteiger partial charge >= 0.3 is 103 Å². The maximum atomic E-state index is 8.57. The summed E-state index contributed by atoms with van der Waals surface area (Å²) in [6, 6.07) is 0. The minimum absolute atomic E-state index is 0. The van der Waals surface area contributed by atoms with Crippen LogP contribution in [0, 0.1) is 0 Å². The normalized spacial score (nSPS) is 5.14. The Balaban J connectivity index is -0.0000000150. The van der Waals surface area contributed by atoms with Crippen molar-refractivity contribution in [1.29, 1.82) is 0 Å². The fourth-order valence-electron chi connectivity index (χ4n) is 0. The van der Waals surface area contributed by atoms with Gasteiger partial charge < -0.3 is 15.0 Å². The van der Waals surface area contributed by atoms with Gasteiger partial charge in [-0.1, -0.05) is 0 Å². The average molecular weight is 272 g/mol. The second kappa shape index (κ2) is 16.4. The van der Waals surface area contributed by atoms with E-state index in [9.17, 15) is 0 Å². The van der Waals surface area contributed by atoms with E-state index in [2.05, 4.69) is 0 Å². The molecule has 0 rings (SSSR count). The van der Waals surface area contributed by atoms with Crippen molar-refractivity contribution in [3.05, 3.63) is 0 Å². The summed E-state index contributed by atoms with van der Waals surface area (Å²) in [6.45, 7) is 0. The molecule has 0 spiro atoms. The molecular formula is FIK2O3. The molecular weight excluding hydrogens is 272 g/mol. The van der Waals surface area contributed by atoms with Crippen LogP contribution in [0.3, 0.4) is 0 Å². The molecule has 0 aromatic heterocycles. The van der Waals surface area contributed by atoms with Crippen LogP contribution in [0.5, 0.6) is 0 Å². The molecule has 0 unspecified atom stereocenters. The quantitative estimate of drug-likeness (QED) is 0.325. The molecule has 0 aliphatic carbocycles. The van der Waals surface area contributed by atoms with Crippen molar-refractivity contribution in [3.63, 3.8) is 0 Å². The Morgan fingerprint density at radius 2 is 0.857 bits per heavy atom. The second-order valence-corrected chi connectivity index (χ2v) is 1.27. The first-order valence-electron chi connectivity index (χ1n) is 0.463. The minimum atomic E-state index is -4.01. The topological polar surface area (TPSA) is 69.2 Å². The Bertz CT molecular complexity index is 17.7. The van der Waals surface area contributed by atoms with E-state index in [1.165, 1.54) is 0 Å². The molecule has 34 valence electrons. The molecule has 0 aromatic carbocycles. The third-order valence-corrected chi connectivity index (χ3v) is 0. The molecule has 3 nitrogen and oxygen atoms in total. The minimum Gasteiger partial charge on any atom is -1.00 e. The zero-order valence-electron chi connectivity index (χ0n) is 3.98. The molecule has 0 aliphatic heterocycles. The number of hydrogen-bond acceptors (Lipinski definition) is 3. The van der Waals surface area contributed by atoms with E-state index in [0.29, 0.717) is 0 Å². The molecule has 0 radical (unpaired) electrons. The summed E-state index contributed by atoms with van der Waals surface area (Å²) in [6.07, 6.45) is 0. The molecule has 0 amide bonds. The average Bonchev–Trinajstić information content (AvgIpc) is 0.811. The van der Waals surface area contributed by atoms with Crippen molar-refractivity contribution in [2.75, 3.05) is 0 Å². The Morgan fingerprint density at radius 3 is 0.857 bits per heavy atom. The monoisotopic (exact) mass is 272 g/mol. The van der Waals surface area contributed by atoms with Crippen LogP contribution >= 0.6 is 0 Å². The summed E-state index contributed by atoms with van der Waals surface area (Å²) < 4.78 is 25.7. The molecule has 0 aromatic rings. The van der Waals surface area contributed by atoms with Crippen LogP contribution in [0.25, 0.3) is 0 Å². The number of halogens is 2. The summed E-state index contributed by atoms with van der Waals surface area (Å²) >= 11 is -4.01. The van der Waals surface area contributed by atoms with Gasteiger partial charge in [-0.25, -0.2) is 0 Å². The molecule has 0 saturated heterocycles. The van der Waals surface area contributed by atoms with Crippen LogP contribution in [-0.4, -0.2) is 0 Å². The SMILES string of the molecule is [F-].[K+].[K+].[O-][I+2]([O-])[O-]. The van der Waals surface area contributed by atoms with E-state index in [-0.39, 0.29) is 107 Å². The van der Waals surface area contributed by atoms with E-state index in [1.54, 1.807) is 0 Å². The molecule has 0 heterocycles. The van der Waals surface area contributed by atoms with Gasteiger partial charge in [-0.3, -0.25) is 0 Å². The van der Waals surface area contributed by atoms with Crippen LogP contribution in [0.15, 0.2) is 0 Å². The molecule has 0 aliphatic rings. The summed E-state index contributed by atoms with van der Waals surface area (Å²) in [7, 11) is 0. The van der Waals surface area contributed by atoms with Crippen molar-refractivity contribution >= 4 is 0 Å². The van der Waals surface area contributed by atoms with Crippen molar-refractivity contribution in [2.45, 2.75) is 0 Å². The predicted octanol–water partition coefficient (Wildman–Crippen LogP) is -15.6. The standard InChI is InChI=1S/FH.IO3.2K/c;2-1(3)4;;/h1H;;;/q;-1;2*+1/p-1. The van der Waals surface area contributed by atoms with Gasteiger partial charge in [0.25, 0.3) is 21.1 Å². The van der Waals surface area contributed by atoms with Gasteiger partial charge in [-0.05, 0) is 0 Å². The van der Waals surface area contributed by atoms with E-state index in [4.69, 9.17) is 10.3 Å². The van der Waals surface area contributed by atoms with E-state index in [1.807, 2.05) is 0 Å². The molecule has 0 saturated carbocycles. The van der Waals surface area contributed by atoms with Crippen LogP contribution in [0.1, 0.15) is 0 Å². The molecule has 0 atom stereocenters. The fraction of sp³-hybridized carbons (Fsp3) is 0. The van der Waals surface area contributed by atoms with Crippen molar-refractivity contribution < 1.29 is 139 Å². The van der Waals surface area contributed by atoms with E-state index in [0.717, 1.165) is 0 Å². The summed E-state index contributed by atoms with van der Waals surface area (Å²) in [4.78, 5) is 0. The number of rotatable bonds is 0. The Kier molecular flexibility index (Phi) is 52.6. The van der Waals surface area contributed by atoms with Crippen molar-refractivity contribution in [3.8, 4) is 0 Å². The maximum Gasteiger partial charge on any atom is 1.00 e. The Hall–Kier alpha value is 3.81. The van der Waals surface area contributed by atoms with E-state index < -0.39 is 21.1 Å². The Labute approximate surface area is 134 Å². The van der Waals surface area contributed by atoms with Gasteiger partial charge in [-0.15, -0.1) is 0 Å². The third kappa shape index (κ3) is 41.2. The second-order valence-electron chi connectivity index (χ2n) is 0.189. The molecule has 0 bridgehead atoms. The van der Waals surface area contributed by atoms with Gasteiger partial charge in [-0.2, -0.15) is 0 Å². The zero-order valence-corrected chi connectivity index (χ0v) is 12.4. The van der Waals surface area contributed by atoms with Crippen LogP contribution in [0.2, 0.25) is 0 Å².